The Balaban J connectivity index is 1.67. The number of unbranched alkanes of at least 4 members (excludes halogenated alkanes) is 1. The van der Waals surface area contributed by atoms with E-state index >= 15 is 0 Å². The molecule has 5 heteroatoms. The van der Waals surface area contributed by atoms with Crippen LogP contribution < -0.4 is 0 Å². The molecule has 1 aliphatic heterocycles. The lowest BCUT2D eigenvalue weighted by Gasteiger charge is -2.34. The van der Waals surface area contributed by atoms with Crippen LogP contribution >= 0.6 is 0 Å². The monoisotopic (exact) mass is 351 g/mol. The number of aryl methyl sites for hydroxylation is 1. The van der Waals surface area contributed by atoms with Crippen molar-refractivity contribution in [1.29, 1.82) is 0 Å². The van der Waals surface area contributed by atoms with Gasteiger partial charge in [-0.15, -0.1) is 0 Å². The van der Waals surface area contributed by atoms with E-state index in [0.29, 0.717) is 18.7 Å². The van der Waals surface area contributed by atoms with Crippen LogP contribution in [0.4, 0.5) is 0 Å². The number of carbonyl (C=O) groups excluding carboxylic acids is 2. The third kappa shape index (κ3) is 3.93. The fourth-order valence-electron chi connectivity index (χ4n) is 3.21. The van der Waals surface area contributed by atoms with Crippen molar-refractivity contribution in [2.75, 3.05) is 26.2 Å². The van der Waals surface area contributed by atoms with Crippen molar-refractivity contribution >= 4 is 11.8 Å². The maximum absolute atomic E-state index is 12.7. The summed E-state index contributed by atoms with van der Waals surface area (Å²) in [7, 11) is 0. The smallest absolute Gasteiger partial charge is 0.254 e. The van der Waals surface area contributed by atoms with Gasteiger partial charge in [0.05, 0.1) is 5.69 Å². The molecule has 0 N–H and O–H groups in total. The summed E-state index contributed by atoms with van der Waals surface area (Å²) in [5.74, 6) is -0.0448. The molecule has 136 valence electrons. The van der Waals surface area contributed by atoms with Gasteiger partial charge in [0.2, 0.25) is 5.91 Å². The minimum absolute atomic E-state index is 0.0405. The van der Waals surface area contributed by atoms with Crippen LogP contribution in [0.3, 0.4) is 0 Å². The summed E-state index contributed by atoms with van der Waals surface area (Å²) in [5, 5.41) is 0. The van der Waals surface area contributed by atoms with E-state index in [1.165, 1.54) is 0 Å². The Morgan fingerprint density at radius 1 is 1.15 bits per heavy atom. The molecule has 2 aromatic rings. The average molecular weight is 351 g/mol. The molecule has 5 nitrogen and oxygen atoms in total. The van der Waals surface area contributed by atoms with Gasteiger partial charge in [0.15, 0.2) is 0 Å². The van der Waals surface area contributed by atoms with Gasteiger partial charge in [-0.3, -0.25) is 14.6 Å². The molecule has 0 spiro atoms. The highest BCUT2D eigenvalue weighted by Crippen LogP contribution is 2.21. The van der Waals surface area contributed by atoms with E-state index in [1.807, 2.05) is 48.2 Å². The van der Waals surface area contributed by atoms with E-state index in [4.69, 9.17) is 0 Å². The van der Waals surface area contributed by atoms with Crippen LogP contribution in [0, 0.1) is 6.92 Å². The minimum atomic E-state index is -0.0854. The van der Waals surface area contributed by atoms with Crippen LogP contribution in [-0.2, 0) is 4.79 Å². The highest BCUT2D eigenvalue weighted by atomic mass is 16.2. The van der Waals surface area contributed by atoms with E-state index in [2.05, 4.69) is 11.9 Å². The van der Waals surface area contributed by atoms with E-state index in [0.717, 1.165) is 36.2 Å². The molecule has 1 saturated heterocycles. The Morgan fingerprint density at radius 2 is 1.92 bits per heavy atom. The Labute approximate surface area is 154 Å². The normalized spacial score (nSPS) is 14.6. The number of amides is 2. The predicted molar refractivity (Wildman–Crippen MR) is 102 cm³/mol. The lowest BCUT2D eigenvalue weighted by molar-refractivity contribution is -0.135. The lowest BCUT2D eigenvalue weighted by Crippen LogP contribution is -2.52. The molecule has 0 unspecified atom stereocenters. The van der Waals surface area contributed by atoms with Crippen molar-refractivity contribution in [3.05, 3.63) is 53.7 Å². The molecule has 3 rings (SSSR count). The van der Waals surface area contributed by atoms with Gasteiger partial charge in [-0.1, -0.05) is 31.5 Å². The Morgan fingerprint density at radius 3 is 2.58 bits per heavy atom. The molecular formula is C21H25N3O2. The van der Waals surface area contributed by atoms with Crippen molar-refractivity contribution < 1.29 is 9.59 Å². The van der Waals surface area contributed by atoms with Crippen LogP contribution in [-0.4, -0.2) is 52.8 Å². The number of pyridine rings is 1. The third-order valence-electron chi connectivity index (χ3n) is 4.80. The number of nitrogens with zero attached hydrogens (tertiary/aromatic N) is 3. The van der Waals surface area contributed by atoms with Crippen LogP contribution in [0.1, 0.15) is 35.7 Å². The summed E-state index contributed by atoms with van der Waals surface area (Å²) in [5.41, 5.74) is 3.61. The zero-order valence-corrected chi connectivity index (χ0v) is 15.4. The Hall–Kier alpha value is -2.69. The fourth-order valence-corrected chi connectivity index (χ4v) is 3.21. The van der Waals surface area contributed by atoms with E-state index < -0.39 is 0 Å². The summed E-state index contributed by atoms with van der Waals surface area (Å²) in [6, 6.07) is 11.4. The standard InChI is InChI=1S/C21H25N3O2/c1-3-4-12-23-13-14-24(15-19(23)25)21(26)18-9-7-17(8-10-18)20-16(2)6-5-11-22-20/h5-11H,3-4,12-15H2,1-2H3. The molecule has 1 fully saturated rings. The number of piperazine rings is 1. The van der Waals surface area contributed by atoms with Crippen LogP contribution in [0.15, 0.2) is 42.6 Å². The number of carbonyl (C=O) groups is 2. The first-order valence-corrected chi connectivity index (χ1v) is 9.19. The van der Waals surface area contributed by atoms with Crippen molar-refractivity contribution in [3.63, 3.8) is 0 Å². The summed E-state index contributed by atoms with van der Waals surface area (Å²) < 4.78 is 0. The molecule has 2 heterocycles. The first kappa shape index (κ1) is 18.1. The molecule has 26 heavy (non-hydrogen) atoms. The number of benzene rings is 1. The SMILES string of the molecule is CCCCN1CCN(C(=O)c2ccc(-c3ncccc3C)cc2)CC1=O. The van der Waals surface area contributed by atoms with Crippen LogP contribution in [0.2, 0.25) is 0 Å². The molecule has 0 radical (unpaired) electrons. The van der Waals surface area contributed by atoms with Gasteiger partial charge in [0, 0.05) is 37.0 Å². The van der Waals surface area contributed by atoms with Gasteiger partial charge in [-0.25, -0.2) is 0 Å². The van der Waals surface area contributed by atoms with E-state index in [9.17, 15) is 9.59 Å². The number of rotatable bonds is 5. The van der Waals surface area contributed by atoms with Crippen LogP contribution in [0.25, 0.3) is 11.3 Å². The first-order chi connectivity index (χ1) is 12.6. The topological polar surface area (TPSA) is 53.5 Å². The number of hydrogen-bond donors (Lipinski definition) is 0. The van der Waals surface area contributed by atoms with Gasteiger partial charge < -0.3 is 9.80 Å². The zero-order chi connectivity index (χ0) is 18.5. The fraction of sp³-hybridized carbons (Fsp3) is 0.381. The second kappa shape index (κ2) is 8.13. The lowest BCUT2D eigenvalue weighted by atomic mass is 10.0. The molecular weight excluding hydrogens is 326 g/mol. The highest BCUT2D eigenvalue weighted by Gasteiger charge is 2.27. The molecule has 1 aromatic heterocycles. The maximum atomic E-state index is 12.7. The summed E-state index contributed by atoms with van der Waals surface area (Å²) in [4.78, 5) is 32.9. The maximum Gasteiger partial charge on any atom is 0.254 e. The zero-order valence-electron chi connectivity index (χ0n) is 15.4. The van der Waals surface area contributed by atoms with E-state index in [1.54, 1.807) is 11.1 Å². The molecule has 0 bridgehead atoms. The van der Waals surface area contributed by atoms with E-state index in [-0.39, 0.29) is 18.4 Å². The summed E-state index contributed by atoms with van der Waals surface area (Å²) >= 11 is 0. The van der Waals surface area contributed by atoms with Crippen molar-refractivity contribution in [2.45, 2.75) is 26.7 Å². The molecule has 0 aliphatic carbocycles. The Bertz CT molecular complexity index is 786. The second-order valence-electron chi connectivity index (χ2n) is 6.71. The van der Waals surface area contributed by atoms with Gasteiger partial charge in [0.25, 0.3) is 5.91 Å². The number of hydrogen-bond acceptors (Lipinski definition) is 3. The molecule has 0 saturated carbocycles. The second-order valence-corrected chi connectivity index (χ2v) is 6.71. The van der Waals surface area contributed by atoms with Crippen molar-refractivity contribution in [3.8, 4) is 11.3 Å². The molecule has 1 aromatic carbocycles. The molecule has 0 atom stereocenters. The van der Waals surface area contributed by atoms with Gasteiger partial charge >= 0.3 is 0 Å². The summed E-state index contributed by atoms with van der Waals surface area (Å²) in [6.45, 7) is 6.30. The average Bonchev–Trinajstić information content (AvgIpc) is 2.67. The predicted octanol–water partition coefficient (Wildman–Crippen LogP) is 3.14. The largest absolute Gasteiger partial charge is 0.339 e. The van der Waals surface area contributed by atoms with Crippen molar-refractivity contribution in [1.82, 2.24) is 14.8 Å². The van der Waals surface area contributed by atoms with Gasteiger partial charge in [-0.2, -0.15) is 0 Å². The number of aromatic nitrogens is 1. The molecule has 1 aliphatic rings. The summed E-state index contributed by atoms with van der Waals surface area (Å²) in [6.07, 6.45) is 3.84. The minimum Gasteiger partial charge on any atom is -0.339 e. The van der Waals surface area contributed by atoms with Gasteiger partial charge in [0.1, 0.15) is 6.54 Å². The first-order valence-electron chi connectivity index (χ1n) is 9.19. The quantitative estimate of drug-likeness (QED) is 0.831. The highest BCUT2D eigenvalue weighted by molar-refractivity contribution is 5.97. The Kier molecular flexibility index (Phi) is 5.66. The van der Waals surface area contributed by atoms with Gasteiger partial charge in [-0.05, 0) is 37.1 Å². The van der Waals surface area contributed by atoms with Crippen molar-refractivity contribution in [2.24, 2.45) is 0 Å². The van der Waals surface area contributed by atoms with Crippen LogP contribution in [0.5, 0.6) is 0 Å². The molecule has 2 amide bonds. The third-order valence-corrected chi connectivity index (χ3v) is 4.80.